The smallest absolute Gasteiger partial charge is 0.416 e. The summed E-state index contributed by atoms with van der Waals surface area (Å²) in [5, 5.41) is 7.60. The van der Waals surface area contributed by atoms with Gasteiger partial charge in [-0.2, -0.15) is 13.2 Å². The van der Waals surface area contributed by atoms with Gasteiger partial charge in [-0.05, 0) is 30.7 Å². The molecule has 3 rings (SSSR count). The zero-order valence-corrected chi connectivity index (χ0v) is 16.6. The Bertz CT molecular complexity index is 1000. The van der Waals surface area contributed by atoms with Gasteiger partial charge in [0, 0.05) is 7.05 Å². The minimum Gasteiger partial charge on any atom is -0.492 e. The molecule has 0 aliphatic rings. The highest BCUT2D eigenvalue weighted by molar-refractivity contribution is 5.91. The molecule has 0 spiro atoms. The van der Waals surface area contributed by atoms with E-state index in [1.54, 1.807) is 7.05 Å². The van der Waals surface area contributed by atoms with E-state index in [0.29, 0.717) is 18.9 Å². The normalized spacial score (nSPS) is 11.4. The van der Waals surface area contributed by atoms with Gasteiger partial charge in [0.25, 0.3) is 5.91 Å². The summed E-state index contributed by atoms with van der Waals surface area (Å²) < 4.78 is 46.2. The highest BCUT2D eigenvalue weighted by Gasteiger charge is 2.33. The molecule has 0 aliphatic carbocycles. The highest BCUT2D eigenvalue weighted by Crippen LogP contribution is 2.32. The van der Waals surface area contributed by atoms with Crippen LogP contribution >= 0.6 is 0 Å². The monoisotopic (exact) mass is 418 g/mol. The third-order valence-electron chi connectivity index (χ3n) is 4.48. The number of likely N-dealkylation sites (N-methyl/N-ethyl adjacent to an activating group) is 1. The largest absolute Gasteiger partial charge is 0.492 e. The maximum atomic E-state index is 13.1. The van der Waals surface area contributed by atoms with Gasteiger partial charge in [0.2, 0.25) is 0 Å². The fourth-order valence-corrected chi connectivity index (χ4v) is 2.81. The molecule has 1 aromatic heterocycles. The van der Waals surface area contributed by atoms with E-state index in [9.17, 15) is 18.0 Å². The number of carbonyl (C=O) groups excluding carboxylic acids is 1. The molecule has 0 radical (unpaired) electrons. The molecule has 1 amide bonds. The number of benzene rings is 2. The second-order valence-corrected chi connectivity index (χ2v) is 6.84. The zero-order valence-electron chi connectivity index (χ0n) is 16.6. The Labute approximate surface area is 171 Å². The van der Waals surface area contributed by atoms with Gasteiger partial charge >= 0.3 is 6.18 Å². The van der Waals surface area contributed by atoms with Crippen LogP contribution in [0.5, 0.6) is 5.75 Å². The maximum Gasteiger partial charge on any atom is 0.416 e. The van der Waals surface area contributed by atoms with Crippen LogP contribution in [-0.2, 0) is 12.7 Å². The van der Waals surface area contributed by atoms with E-state index in [1.807, 2.05) is 31.2 Å². The minimum absolute atomic E-state index is 0.0498. The molecule has 3 aromatic rings. The van der Waals surface area contributed by atoms with Crippen molar-refractivity contribution in [3.63, 3.8) is 0 Å². The van der Waals surface area contributed by atoms with Crippen molar-refractivity contribution in [1.82, 2.24) is 19.9 Å². The van der Waals surface area contributed by atoms with Gasteiger partial charge in [0.05, 0.1) is 24.8 Å². The molecular weight excluding hydrogens is 397 g/mol. The topological polar surface area (TPSA) is 60.2 Å². The first-order valence-corrected chi connectivity index (χ1v) is 9.24. The second kappa shape index (κ2) is 8.98. The summed E-state index contributed by atoms with van der Waals surface area (Å²) >= 11 is 0. The molecule has 30 heavy (non-hydrogen) atoms. The van der Waals surface area contributed by atoms with Crippen LogP contribution in [0.1, 0.15) is 27.2 Å². The summed E-state index contributed by atoms with van der Waals surface area (Å²) in [5.74, 6) is 0.314. The second-order valence-electron chi connectivity index (χ2n) is 6.84. The Kier molecular flexibility index (Phi) is 6.39. The number of ether oxygens (including phenoxy) is 1. The van der Waals surface area contributed by atoms with Crippen LogP contribution in [0.25, 0.3) is 0 Å². The number of nitrogens with zero attached hydrogens (tertiary/aromatic N) is 4. The molecule has 0 N–H and O–H groups in total. The Morgan fingerprint density at radius 3 is 2.53 bits per heavy atom. The average molecular weight is 418 g/mol. The van der Waals surface area contributed by atoms with Crippen LogP contribution in [0.4, 0.5) is 13.2 Å². The highest BCUT2D eigenvalue weighted by atomic mass is 19.4. The number of rotatable bonds is 7. The number of carbonyl (C=O) groups is 1. The summed E-state index contributed by atoms with van der Waals surface area (Å²) in [5.41, 5.74) is 0.486. The van der Waals surface area contributed by atoms with Crippen molar-refractivity contribution < 1.29 is 22.7 Å². The standard InChI is InChI=1S/C21H21F3N4O2/c1-15-7-9-17(10-8-15)30-12-11-27(2)20(29)19-14-28(26-25-19)13-16-5-3-4-6-18(16)21(22,23)24/h3-10,14H,11-13H2,1-2H3. The maximum absolute atomic E-state index is 13.1. The lowest BCUT2D eigenvalue weighted by Gasteiger charge is -2.16. The quantitative estimate of drug-likeness (QED) is 0.586. The van der Waals surface area contributed by atoms with Crippen LogP contribution in [-0.4, -0.2) is 46.0 Å². The third kappa shape index (κ3) is 5.37. The molecule has 0 aliphatic heterocycles. The van der Waals surface area contributed by atoms with Crippen LogP contribution in [0.2, 0.25) is 0 Å². The minimum atomic E-state index is -4.46. The Hall–Kier alpha value is -3.36. The third-order valence-corrected chi connectivity index (χ3v) is 4.48. The molecule has 0 bridgehead atoms. The zero-order chi connectivity index (χ0) is 21.7. The molecule has 6 nitrogen and oxygen atoms in total. The summed E-state index contributed by atoms with van der Waals surface area (Å²) in [6.07, 6.45) is -3.12. The molecular formula is C21H21F3N4O2. The van der Waals surface area contributed by atoms with Crippen molar-refractivity contribution in [3.8, 4) is 5.75 Å². The van der Waals surface area contributed by atoms with Crippen molar-refractivity contribution in [3.05, 3.63) is 77.1 Å². The van der Waals surface area contributed by atoms with Gasteiger partial charge in [-0.15, -0.1) is 5.10 Å². The molecule has 158 valence electrons. The Balaban J connectivity index is 1.59. The lowest BCUT2D eigenvalue weighted by molar-refractivity contribution is -0.138. The number of alkyl halides is 3. The van der Waals surface area contributed by atoms with Crippen molar-refractivity contribution in [2.24, 2.45) is 0 Å². The van der Waals surface area contributed by atoms with E-state index in [-0.39, 0.29) is 17.8 Å². The summed E-state index contributed by atoms with van der Waals surface area (Å²) in [4.78, 5) is 13.9. The van der Waals surface area contributed by atoms with Gasteiger partial charge < -0.3 is 9.64 Å². The number of amides is 1. The van der Waals surface area contributed by atoms with Crippen LogP contribution < -0.4 is 4.74 Å². The Morgan fingerprint density at radius 2 is 1.83 bits per heavy atom. The van der Waals surface area contributed by atoms with E-state index < -0.39 is 17.6 Å². The van der Waals surface area contributed by atoms with Crippen LogP contribution in [0, 0.1) is 6.92 Å². The number of aromatic nitrogens is 3. The van der Waals surface area contributed by atoms with Crippen molar-refractivity contribution in [1.29, 1.82) is 0 Å². The van der Waals surface area contributed by atoms with Crippen molar-refractivity contribution in [2.75, 3.05) is 20.2 Å². The molecule has 0 saturated carbocycles. The first kappa shape index (κ1) is 21.4. The Morgan fingerprint density at radius 1 is 1.13 bits per heavy atom. The van der Waals surface area contributed by atoms with E-state index in [2.05, 4.69) is 10.3 Å². The molecule has 1 heterocycles. The van der Waals surface area contributed by atoms with Crippen molar-refractivity contribution >= 4 is 5.91 Å². The predicted molar refractivity (Wildman–Crippen MR) is 104 cm³/mol. The molecule has 2 aromatic carbocycles. The van der Waals surface area contributed by atoms with Crippen molar-refractivity contribution in [2.45, 2.75) is 19.6 Å². The molecule has 0 fully saturated rings. The lowest BCUT2D eigenvalue weighted by Crippen LogP contribution is -2.31. The van der Waals surface area contributed by atoms with Gasteiger partial charge in [-0.25, -0.2) is 4.68 Å². The first-order chi connectivity index (χ1) is 14.2. The number of aryl methyl sites for hydroxylation is 1. The predicted octanol–water partition coefficient (Wildman–Crippen LogP) is 3.80. The lowest BCUT2D eigenvalue weighted by atomic mass is 10.1. The SMILES string of the molecule is Cc1ccc(OCCN(C)C(=O)c2cn(Cc3ccccc3C(F)(F)F)nn2)cc1. The van der Waals surface area contributed by atoms with Crippen LogP contribution in [0.15, 0.2) is 54.7 Å². The van der Waals surface area contributed by atoms with E-state index in [1.165, 1.54) is 34.0 Å². The van der Waals surface area contributed by atoms with E-state index in [0.717, 1.165) is 11.6 Å². The fraction of sp³-hybridized carbons (Fsp3) is 0.286. The number of halogens is 3. The van der Waals surface area contributed by atoms with Gasteiger partial charge in [0.15, 0.2) is 5.69 Å². The first-order valence-electron chi connectivity index (χ1n) is 9.24. The number of hydrogen-bond donors (Lipinski definition) is 0. The summed E-state index contributed by atoms with van der Waals surface area (Å²) in [6.45, 7) is 2.44. The van der Waals surface area contributed by atoms with Gasteiger partial charge in [-0.3, -0.25) is 4.79 Å². The van der Waals surface area contributed by atoms with E-state index in [4.69, 9.17) is 4.74 Å². The fourth-order valence-electron chi connectivity index (χ4n) is 2.81. The number of hydrogen-bond acceptors (Lipinski definition) is 4. The summed E-state index contributed by atoms with van der Waals surface area (Å²) in [7, 11) is 1.60. The molecule has 0 unspecified atom stereocenters. The average Bonchev–Trinajstić information content (AvgIpc) is 3.17. The van der Waals surface area contributed by atoms with Gasteiger partial charge in [0.1, 0.15) is 12.4 Å². The molecule has 0 atom stereocenters. The van der Waals surface area contributed by atoms with Crippen LogP contribution in [0.3, 0.4) is 0 Å². The summed E-state index contributed by atoms with van der Waals surface area (Å²) in [6, 6.07) is 12.8. The molecule has 0 saturated heterocycles. The van der Waals surface area contributed by atoms with E-state index >= 15 is 0 Å². The van der Waals surface area contributed by atoms with Gasteiger partial charge in [-0.1, -0.05) is 41.1 Å². The molecule has 9 heteroatoms.